The molecule has 1 aromatic carbocycles. The molecule has 1 atom stereocenters. The number of hydrogen-bond acceptors (Lipinski definition) is 4. The lowest BCUT2D eigenvalue weighted by atomic mass is 9.91. The fraction of sp³-hybridized carbons (Fsp3) is 0.412. The molecule has 0 aliphatic rings. The highest BCUT2D eigenvalue weighted by molar-refractivity contribution is 5.69. The Kier molecular flexibility index (Phi) is 6.64. The molecule has 0 saturated heterocycles. The van der Waals surface area contributed by atoms with Crippen LogP contribution < -0.4 is 5.32 Å². The number of H-pyrrole nitrogens is 1. The van der Waals surface area contributed by atoms with E-state index in [-0.39, 0.29) is 5.97 Å². The van der Waals surface area contributed by atoms with E-state index in [1.54, 1.807) is 6.33 Å². The standard InChI is InChI=1S/C17H23N3O2/c1-22-17(21)8-7-15(14-5-3-2-4-6-14)9-10-18-11-16-12-19-13-20-16/h2-6,12-13,15,18H,7-11H2,1H3,(H,19,20). The molecule has 0 amide bonds. The lowest BCUT2D eigenvalue weighted by Gasteiger charge is -2.17. The molecule has 2 rings (SSSR count). The molecule has 2 aromatic rings. The minimum atomic E-state index is -0.147. The van der Waals surface area contributed by atoms with E-state index >= 15 is 0 Å². The van der Waals surface area contributed by atoms with Gasteiger partial charge in [-0.2, -0.15) is 0 Å². The third kappa shape index (κ3) is 5.33. The monoisotopic (exact) mass is 301 g/mol. The zero-order chi connectivity index (χ0) is 15.6. The number of carbonyl (C=O) groups is 1. The van der Waals surface area contributed by atoms with Crippen molar-refractivity contribution in [2.75, 3.05) is 13.7 Å². The van der Waals surface area contributed by atoms with Gasteiger partial charge < -0.3 is 15.0 Å². The molecule has 0 aliphatic heterocycles. The second kappa shape index (κ2) is 9.00. The van der Waals surface area contributed by atoms with Crippen molar-refractivity contribution in [2.24, 2.45) is 0 Å². The third-order valence-electron chi connectivity index (χ3n) is 3.74. The Morgan fingerprint density at radius 1 is 1.32 bits per heavy atom. The van der Waals surface area contributed by atoms with Crippen LogP contribution in [0.2, 0.25) is 0 Å². The quantitative estimate of drug-likeness (QED) is 0.552. The Morgan fingerprint density at radius 3 is 2.82 bits per heavy atom. The van der Waals surface area contributed by atoms with E-state index < -0.39 is 0 Å². The van der Waals surface area contributed by atoms with Crippen molar-refractivity contribution in [1.82, 2.24) is 15.3 Å². The molecule has 0 fully saturated rings. The number of benzene rings is 1. The first kappa shape index (κ1) is 16.2. The van der Waals surface area contributed by atoms with E-state index in [1.807, 2.05) is 24.4 Å². The van der Waals surface area contributed by atoms with Crippen molar-refractivity contribution >= 4 is 5.97 Å². The van der Waals surface area contributed by atoms with E-state index in [4.69, 9.17) is 4.74 Å². The highest BCUT2D eigenvalue weighted by atomic mass is 16.5. The van der Waals surface area contributed by atoms with E-state index in [0.29, 0.717) is 12.3 Å². The number of aromatic amines is 1. The maximum absolute atomic E-state index is 11.4. The van der Waals surface area contributed by atoms with E-state index in [1.165, 1.54) is 12.7 Å². The number of ether oxygens (including phenoxy) is 1. The molecular formula is C17H23N3O2. The van der Waals surface area contributed by atoms with Crippen molar-refractivity contribution in [1.29, 1.82) is 0 Å². The Labute approximate surface area is 131 Å². The number of hydrogen-bond donors (Lipinski definition) is 2. The number of carbonyl (C=O) groups excluding carboxylic acids is 1. The van der Waals surface area contributed by atoms with Crippen LogP contribution in [0.5, 0.6) is 0 Å². The lowest BCUT2D eigenvalue weighted by Crippen LogP contribution is -2.18. The summed E-state index contributed by atoms with van der Waals surface area (Å²) >= 11 is 0. The second-order valence-corrected chi connectivity index (χ2v) is 5.26. The van der Waals surface area contributed by atoms with Gasteiger partial charge >= 0.3 is 5.97 Å². The summed E-state index contributed by atoms with van der Waals surface area (Å²) in [5.74, 6) is 0.209. The number of rotatable bonds is 9. The number of methoxy groups -OCH3 is 1. The smallest absolute Gasteiger partial charge is 0.305 e. The van der Waals surface area contributed by atoms with Crippen molar-refractivity contribution < 1.29 is 9.53 Å². The van der Waals surface area contributed by atoms with Crippen LogP contribution in [0.25, 0.3) is 0 Å². The first-order chi connectivity index (χ1) is 10.8. The number of imidazole rings is 1. The maximum Gasteiger partial charge on any atom is 0.305 e. The van der Waals surface area contributed by atoms with E-state index in [0.717, 1.165) is 31.6 Å². The van der Waals surface area contributed by atoms with E-state index in [2.05, 4.69) is 27.4 Å². The maximum atomic E-state index is 11.4. The molecule has 5 nitrogen and oxygen atoms in total. The van der Waals surface area contributed by atoms with Crippen LogP contribution >= 0.6 is 0 Å². The average molecular weight is 301 g/mol. The zero-order valence-electron chi connectivity index (χ0n) is 12.9. The minimum Gasteiger partial charge on any atom is -0.469 e. The molecule has 0 aliphatic carbocycles. The largest absolute Gasteiger partial charge is 0.469 e. The molecule has 1 unspecified atom stereocenters. The molecule has 1 aromatic heterocycles. The number of esters is 1. The summed E-state index contributed by atoms with van der Waals surface area (Å²) in [6, 6.07) is 10.3. The average Bonchev–Trinajstić information content (AvgIpc) is 3.08. The SMILES string of the molecule is COC(=O)CCC(CCNCc1cnc[nH]1)c1ccccc1. The topological polar surface area (TPSA) is 67.0 Å². The van der Waals surface area contributed by atoms with Crippen LogP contribution in [-0.4, -0.2) is 29.6 Å². The highest BCUT2D eigenvalue weighted by Crippen LogP contribution is 2.24. The van der Waals surface area contributed by atoms with Gasteiger partial charge in [0.25, 0.3) is 0 Å². The molecule has 5 heteroatoms. The lowest BCUT2D eigenvalue weighted by molar-refractivity contribution is -0.140. The van der Waals surface area contributed by atoms with Gasteiger partial charge in [0.15, 0.2) is 0 Å². The summed E-state index contributed by atoms with van der Waals surface area (Å²) in [6.45, 7) is 1.66. The number of nitrogens with one attached hydrogen (secondary N) is 2. The molecule has 22 heavy (non-hydrogen) atoms. The molecule has 0 saturated carbocycles. The molecule has 2 N–H and O–H groups in total. The molecule has 1 heterocycles. The zero-order valence-corrected chi connectivity index (χ0v) is 12.9. The molecule has 0 radical (unpaired) electrons. The third-order valence-corrected chi connectivity index (χ3v) is 3.74. The number of nitrogens with zero attached hydrogens (tertiary/aromatic N) is 1. The van der Waals surface area contributed by atoms with Gasteiger partial charge in [0.2, 0.25) is 0 Å². The first-order valence-corrected chi connectivity index (χ1v) is 7.59. The van der Waals surface area contributed by atoms with Crippen molar-refractivity contribution in [3.63, 3.8) is 0 Å². The summed E-state index contributed by atoms with van der Waals surface area (Å²) in [5, 5.41) is 3.40. The predicted octanol–water partition coefficient (Wildman–Crippen LogP) is 2.63. The van der Waals surface area contributed by atoms with Gasteiger partial charge in [-0.25, -0.2) is 4.98 Å². The van der Waals surface area contributed by atoms with Crippen molar-refractivity contribution in [3.8, 4) is 0 Å². The Balaban J connectivity index is 1.82. The fourth-order valence-corrected chi connectivity index (χ4v) is 2.48. The van der Waals surface area contributed by atoms with Gasteiger partial charge in [0.05, 0.1) is 13.4 Å². The van der Waals surface area contributed by atoms with Gasteiger partial charge in [-0.1, -0.05) is 30.3 Å². The summed E-state index contributed by atoms with van der Waals surface area (Å²) in [4.78, 5) is 18.4. The van der Waals surface area contributed by atoms with Gasteiger partial charge in [0.1, 0.15) is 0 Å². The normalized spacial score (nSPS) is 12.0. The Bertz CT molecular complexity index is 540. The van der Waals surface area contributed by atoms with Crippen LogP contribution in [0.4, 0.5) is 0 Å². The van der Waals surface area contributed by atoms with Crippen LogP contribution in [-0.2, 0) is 16.1 Å². The predicted molar refractivity (Wildman–Crippen MR) is 85.3 cm³/mol. The Morgan fingerprint density at radius 2 is 2.14 bits per heavy atom. The highest BCUT2D eigenvalue weighted by Gasteiger charge is 2.13. The number of aromatic nitrogens is 2. The van der Waals surface area contributed by atoms with Crippen LogP contribution in [0.15, 0.2) is 42.9 Å². The summed E-state index contributed by atoms with van der Waals surface area (Å²) in [7, 11) is 1.44. The van der Waals surface area contributed by atoms with E-state index in [9.17, 15) is 4.79 Å². The van der Waals surface area contributed by atoms with Crippen LogP contribution in [0, 0.1) is 0 Å². The summed E-state index contributed by atoms with van der Waals surface area (Å²) in [5.41, 5.74) is 2.35. The van der Waals surface area contributed by atoms with Gasteiger partial charge in [0, 0.05) is 24.9 Å². The van der Waals surface area contributed by atoms with Gasteiger partial charge in [-0.3, -0.25) is 4.79 Å². The fourth-order valence-electron chi connectivity index (χ4n) is 2.48. The van der Waals surface area contributed by atoms with Crippen molar-refractivity contribution in [2.45, 2.75) is 31.7 Å². The van der Waals surface area contributed by atoms with Crippen LogP contribution in [0.1, 0.15) is 36.4 Å². The van der Waals surface area contributed by atoms with Gasteiger partial charge in [-0.05, 0) is 30.9 Å². The first-order valence-electron chi connectivity index (χ1n) is 7.59. The second-order valence-electron chi connectivity index (χ2n) is 5.26. The summed E-state index contributed by atoms with van der Waals surface area (Å²) < 4.78 is 4.75. The summed E-state index contributed by atoms with van der Waals surface area (Å²) in [6.07, 6.45) is 5.74. The molecule has 118 valence electrons. The van der Waals surface area contributed by atoms with Crippen molar-refractivity contribution in [3.05, 3.63) is 54.1 Å². The Hall–Kier alpha value is -2.14. The van der Waals surface area contributed by atoms with Crippen LogP contribution in [0.3, 0.4) is 0 Å². The molecule has 0 bridgehead atoms. The van der Waals surface area contributed by atoms with Gasteiger partial charge in [-0.15, -0.1) is 0 Å². The minimum absolute atomic E-state index is 0.147. The molecular weight excluding hydrogens is 278 g/mol. The molecule has 0 spiro atoms.